The monoisotopic (exact) mass is 300 g/mol. The normalized spacial score (nSPS) is 13.5. The molecule has 1 aromatic rings. The van der Waals surface area contributed by atoms with Gasteiger partial charge in [-0.15, -0.1) is 19.7 Å². The van der Waals surface area contributed by atoms with Crippen LogP contribution < -0.4 is 10.5 Å². The van der Waals surface area contributed by atoms with Crippen LogP contribution in [-0.2, 0) is 5.54 Å². The van der Waals surface area contributed by atoms with Crippen LogP contribution >= 0.6 is 0 Å². The maximum Gasteiger partial charge on any atom is 0.119 e. The number of nitrogens with zero attached hydrogens (tertiary/aromatic N) is 1. The minimum atomic E-state index is -0.521. The third-order valence-electron chi connectivity index (χ3n) is 3.54. The summed E-state index contributed by atoms with van der Waals surface area (Å²) >= 11 is 0. The van der Waals surface area contributed by atoms with Crippen LogP contribution in [0.3, 0.4) is 0 Å². The van der Waals surface area contributed by atoms with Gasteiger partial charge in [-0.05, 0) is 31.0 Å². The molecule has 22 heavy (non-hydrogen) atoms. The van der Waals surface area contributed by atoms with Crippen molar-refractivity contribution in [2.75, 3.05) is 26.7 Å². The zero-order chi connectivity index (χ0) is 16.6. The molecular formula is C19H28N2O. The lowest BCUT2D eigenvalue weighted by atomic mass is 9.84. The van der Waals surface area contributed by atoms with E-state index in [1.807, 2.05) is 43.3 Å². The predicted octanol–water partition coefficient (Wildman–Crippen LogP) is 3.49. The Balaban J connectivity index is 3.13. The van der Waals surface area contributed by atoms with Crippen molar-refractivity contribution in [3.05, 3.63) is 67.3 Å². The molecule has 0 saturated carbocycles. The number of hydrogen-bond donors (Lipinski definition) is 1. The molecule has 0 heterocycles. The molecular weight excluding hydrogens is 272 g/mol. The van der Waals surface area contributed by atoms with Crippen molar-refractivity contribution in [1.29, 1.82) is 0 Å². The Morgan fingerprint density at radius 3 is 2.45 bits per heavy atom. The third-order valence-corrected chi connectivity index (χ3v) is 3.54. The quantitative estimate of drug-likeness (QED) is 0.672. The van der Waals surface area contributed by atoms with Crippen LogP contribution in [0.5, 0.6) is 5.75 Å². The molecule has 0 spiro atoms. The summed E-state index contributed by atoms with van der Waals surface area (Å²) in [7, 11) is 1.66. The van der Waals surface area contributed by atoms with Gasteiger partial charge in [0.15, 0.2) is 0 Å². The highest BCUT2D eigenvalue weighted by atomic mass is 16.5. The van der Waals surface area contributed by atoms with Crippen LogP contribution in [0, 0.1) is 0 Å². The van der Waals surface area contributed by atoms with Crippen molar-refractivity contribution in [2.45, 2.75) is 18.9 Å². The van der Waals surface area contributed by atoms with Gasteiger partial charge in [0.25, 0.3) is 0 Å². The van der Waals surface area contributed by atoms with E-state index in [9.17, 15) is 0 Å². The number of benzene rings is 1. The van der Waals surface area contributed by atoms with E-state index in [2.05, 4.69) is 24.6 Å². The lowest BCUT2D eigenvalue weighted by Gasteiger charge is -2.35. The van der Waals surface area contributed by atoms with Crippen molar-refractivity contribution in [3.8, 4) is 5.75 Å². The van der Waals surface area contributed by atoms with Crippen molar-refractivity contribution < 1.29 is 4.74 Å². The van der Waals surface area contributed by atoms with Crippen LogP contribution in [0.15, 0.2) is 61.7 Å². The highest BCUT2D eigenvalue weighted by molar-refractivity contribution is 5.34. The van der Waals surface area contributed by atoms with Gasteiger partial charge >= 0.3 is 0 Å². The van der Waals surface area contributed by atoms with Crippen LogP contribution in [0.25, 0.3) is 0 Å². The van der Waals surface area contributed by atoms with Crippen LogP contribution in [0.1, 0.15) is 18.9 Å². The average molecular weight is 300 g/mol. The second kappa shape index (κ2) is 8.57. The van der Waals surface area contributed by atoms with Crippen molar-refractivity contribution >= 4 is 0 Å². The SMILES string of the molecule is C=CCN(CC=C)CC(N)(CC(=C)C)c1cccc(OC)c1. The molecule has 0 aliphatic carbocycles. The first-order chi connectivity index (χ1) is 10.4. The summed E-state index contributed by atoms with van der Waals surface area (Å²) in [5.41, 5.74) is 8.36. The minimum Gasteiger partial charge on any atom is -0.497 e. The Kier molecular flexibility index (Phi) is 7.09. The average Bonchev–Trinajstić information content (AvgIpc) is 2.47. The van der Waals surface area contributed by atoms with Crippen LogP contribution in [-0.4, -0.2) is 31.6 Å². The van der Waals surface area contributed by atoms with E-state index in [-0.39, 0.29) is 0 Å². The van der Waals surface area contributed by atoms with Crippen LogP contribution in [0.4, 0.5) is 0 Å². The molecule has 0 radical (unpaired) electrons. The minimum absolute atomic E-state index is 0.521. The molecule has 0 aliphatic rings. The van der Waals surface area contributed by atoms with Crippen LogP contribution in [0.2, 0.25) is 0 Å². The molecule has 3 heteroatoms. The number of ether oxygens (including phenoxy) is 1. The van der Waals surface area contributed by atoms with E-state index >= 15 is 0 Å². The summed E-state index contributed by atoms with van der Waals surface area (Å²) in [5.74, 6) is 0.813. The van der Waals surface area contributed by atoms with Gasteiger partial charge in [-0.2, -0.15) is 0 Å². The predicted molar refractivity (Wildman–Crippen MR) is 95.1 cm³/mol. The Hall–Kier alpha value is -1.84. The second-order valence-electron chi connectivity index (χ2n) is 5.79. The molecule has 0 aliphatic heterocycles. The van der Waals surface area contributed by atoms with Crippen molar-refractivity contribution in [1.82, 2.24) is 4.90 Å². The molecule has 0 bridgehead atoms. The first-order valence-electron chi connectivity index (χ1n) is 7.47. The molecule has 0 aromatic heterocycles. The second-order valence-corrected chi connectivity index (χ2v) is 5.79. The molecule has 0 fully saturated rings. The number of rotatable bonds is 10. The Bertz CT molecular complexity index is 514. The van der Waals surface area contributed by atoms with Gasteiger partial charge in [0.05, 0.1) is 12.6 Å². The Morgan fingerprint density at radius 1 is 1.32 bits per heavy atom. The standard InChI is InChI=1S/C19H28N2O/c1-6-11-21(12-7-2)15-19(20,14-16(3)4)17-9-8-10-18(13-17)22-5/h6-10,13H,1-3,11-12,14-15,20H2,4-5H3. The molecule has 1 rings (SSSR count). The maximum atomic E-state index is 6.78. The van der Waals surface area contributed by atoms with E-state index in [0.29, 0.717) is 13.0 Å². The van der Waals surface area contributed by atoms with Gasteiger partial charge in [-0.25, -0.2) is 0 Å². The highest BCUT2D eigenvalue weighted by Gasteiger charge is 2.30. The third kappa shape index (κ3) is 5.17. The first-order valence-corrected chi connectivity index (χ1v) is 7.47. The summed E-state index contributed by atoms with van der Waals surface area (Å²) in [6.45, 7) is 15.9. The molecule has 0 amide bonds. The fraction of sp³-hybridized carbons (Fsp3) is 0.368. The maximum absolute atomic E-state index is 6.78. The molecule has 1 aromatic carbocycles. The Morgan fingerprint density at radius 2 is 1.95 bits per heavy atom. The molecule has 1 unspecified atom stereocenters. The summed E-state index contributed by atoms with van der Waals surface area (Å²) in [6, 6.07) is 7.95. The zero-order valence-corrected chi connectivity index (χ0v) is 13.8. The molecule has 1 atom stereocenters. The highest BCUT2D eigenvalue weighted by Crippen LogP contribution is 2.29. The topological polar surface area (TPSA) is 38.5 Å². The Labute approximate surface area is 134 Å². The summed E-state index contributed by atoms with van der Waals surface area (Å²) < 4.78 is 5.33. The van der Waals surface area contributed by atoms with Crippen molar-refractivity contribution in [2.24, 2.45) is 5.73 Å². The van der Waals surface area contributed by atoms with Gasteiger partial charge in [0.1, 0.15) is 5.75 Å². The first kappa shape index (κ1) is 18.2. The van der Waals surface area contributed by atoms with Crippen molar-refractivity contribution in [3.63, 3.8) is 0 Å². The molecule has 0 saturated heterocycles. The van der Waals surface area contributed by atoms with E-state index in [4.69, 9.17) is 10.5 Å². The number of nitrogens with two attached hydrogens (primary N) is 1. The van der Waals surface area contributed by atoms with Gasteiger partial charge in [-0.3, -0.25) is 4.90 Å². The molecule has 2 N–H and O–H groups in total. The molecule has 120 valence electrons. The largest absolute Gasteiger partial charge is 0.497 e. The van der Waals surface area contributed by atoms with E-state index < -0.39 is 5.54 Å². The van der Waals surface area contributed by atoms with Gasteiger partial charge < -0.3 is 10.5 Å². The van der Waals surface area contributed by atoms with E-state index in [0.717, 1.165) is 30.0 Å². The number of hydrogen-bond acceptors (Lipinski definition) is 3. The summed E-state index contributed by atoms with van der Waals surface area (Å²) in [6.07, 6.45) is 4.48. The van der Waals surface area contributed by atoms with Gasteiger partial charge in [-0.1, -0.05) is 29.9 Å². The summed E-state index contributed by atoms with van der Waals surface area (Å²) in [4.78, 5) is 2.22. The molecule has 3 nitrogen and oxygen atoms in total. The summed E-state index contributed by atoms with van der Waals surface area (Å²) in [5, 5.41) is 0. The zero-order valence-electron chi connectivity index (χ0n) is 13.8. The van der Waals surface area contributed by atoms with E-state index in [1.54, 1.807) is 7.11 Å². The fourth-order valence-electron chi connectivity index (χ4n) is 2.69. The fourth-order valence-corrected chi connectivity index (χ4v) is 2.69. The lowest BCUT2D eigenvalue weighted by molar-refractivity contribution is 0.242. The lowest BCUT2D eigenvalue weighted by Crippen LogP contribution is -2.48. The van der Waals surface area contributed by atoms with E-state index in [1.165, 1.54) is 0 Å². The number of methoxy groups -OCH3 is 1. The smallest absolute Gasteiger partial charge is 0.119 e. The van der Waals surface area contributed by atoms with Gasteiger partial charge in [0, 0.05) is 19.6 Å². The van der Waals surface area contributed by atoms with Gasteiger partial charge in [0.2, 0.25) is 0 Å².